The normalized spacial score (nSPS) is 23.7. The second-order valence-electron chi connectivity index (χ2n) is 6.86. The van der Waals surface area contributed by atoms with Gasteiger partial charge in [0.1, 0.15) is 25.3 Å². The molecule has 1 heterocycles. The van der Waals surface area contributed by atoms with Crippen LogP contribution in [0.25, 0.3) is 0 Å². The van der Waals surface area contributed by atoms with E-state index in [2.05, 4.69) is 41.5 Å². The molecular weight excluding hydrogens is 276 g/mol. The molecule has 0 aromatic rings. The first-order valence-electron chi connectivity index (χ1n) is 9.45. The van der Waals surface area contributed by atoms with Gasteiger partial charge in [0, 0.05) is 0 Å². The van der Waals surface area contributed by atoms with E-state index in [1.165, 1.54) is 39.3 Å². The molecule has 4 nitrogen and oxygen atoms in total. The highest BCUT2D eigenvalue weighted by Crippen LogP contribution is 2.17. The minimum atomic E-state index is 0.267. The monoisotopic (exact) mass is 316 g/mol. The summed E-state index contributed by atoms with van der Waals surface area (Å²) in [4.78, 5) is 0. The van der Waals surface area contributed by atoms with Crippen molar-refractivity contribution in [2.75, 3.05) is 65.6 Å². The molecular formula is C18H40N2O2+2. The number of hydrogen-bond donors (Lipinski definition) is 0. The quantitative estimate of drug-likeness (QED) is 0.577. The van der Waals surface area contributed by atoms with Crippen molar-refractivity contribution in [3.63, 3.8) is 0 Å². The molecule has 1 saturated heterocycles. The molecule has 0 amide bonds. The number of ether oxygens (including phenoxy) is 2. The van der Waals surface area contributed by atoms with Crippen molar-refractivity contribution in [3.05, 3.63) is 0 Å². The average molecular weight is 317 g/mol. The summed E-state index contributed by atoms with van der Waals surface area (Å²) in [6.07, 6.45) is 0.533. The van der Waals surface area contributed by atoms with Crippen LogP contribution < -0.4 is 0 Å². The summed E-state index contributed by atoms with van der Waals surface area (Å²) in [5.41, 5.74) is 0. The summed E-state index contributed by atoms with van der Waals surface area (Å²) < 4.78 is 14.6. The molecule has 0 aromatic heterocycles. The van der Waals surface area contributed by atoms with Crippen molar-refractivity contribution in [2.24, 2.45) is 0 Å². The van der Waals surface area contributed by atoms with Gasteiger partial charge in [0.2, 0.25) is 0 Å². The van der Waals surface area contributed by atoms with E-state index in [4.69, 9.17) is 9.47 Å². The summed E-state index contributed by atoms with van der Waals surface area (Å²) in [5, 5.41) is 0. The molecule has 0 saturated carbocycles. The molecule has 22 heavy (non-hydrogen) atoms. The molecule has 1 aliphatic heterocycles. The molecule has 0 radical (unpaired) electrons. The highest BCUT2D eigenvalue weighted by molar-refractivity contribution is 4.68. The smallest absolute Gasteiger partial charge is 0.130 e. The van der Waals surface area contributed by atoms with Crippen LogP contribution in [0, 0.1) is 0 Å². The van der Waals surface area contributed by atoms with Gasteiger partial charge in [0.15, 0.2) is 0 Å². The molecule has 1 fully saturated rings. The van der Waals surface area contributed by atoms with Gasteiger partial charge in [-0.1, -0.05) is 0 Å². The van der Waals surface area contributed by atoms with Crippen LogP contribution in [0.1, 0.15) is 41.5 Å². The van der Waals surface area contributed by atoms with E-state index in [1.54, 1.807) is 0 Å². The van der Waals surface area contributed by atoms with Crippen molar-refractivity contribution >= 4 is 0 Å². The lowest BCUT2D eigenvalue weighted by atomic mass is 10.2. The van der Waals surface area contributed by atoms with Gasteiger partial charge in [-0.25, -0.2) is 0 Å². The predicted molar refractivity (Wildman–Crippen MR) is 93.0 cm³/mol. The maximum atomic E-state index is 6.18. The van der Waals surface area contributed by atoms with E-state index in [0.29, 0.717) is 0 Å². The number of hydrogen-bond acceptors (Lipinski definition) is 2. The Bertz CT molecular complexity index is 247. The summed E-state index contributed by atoms with van der Waals surface area (Å²) in [6.45, 7) is 24.5. The van der Waals surface area contributed by atoms with Gasteiger partial charge in [0.05, 0.1) is 52.5 Å². The molecule has 132 valence electrons. The maximum Gasteiger partial charge on any atom is 0.130 e. The lowest BCUT2D eigenvalue weighted by molar-refractivity contribution is -0.929. The van der Waals surface area contributed by atoms with Gasteiger partial charge in [-0.3, -0.25) is 0 Å². The zero-order valence-electron chi connectivity index (χ0n) is 15.9. The first kappa shape index (κ1) is 19.9. The van der Waals surface area contributed by atoms with Crippen LogP contribution >= 0.6 is 0 Å². The molecule has 0 aromatic carbocycles. The van der Waals surface area contributed by atoms with Gasteiger partial charge in [0.25, 0.3) is 0 Å². The van der Waals surface area contributed by atoms with Crippen molar-refractivity contribution in [3.8, 4) is 0 Å². The minimum Gasteiger partial charge on any atom is -0.367 e. The second-order valence-corrected chi connectivity index (χ2v) is 6.86. The largest absolute Gasteiger partial charge is 0.367 e. The lowest BCUT2D eigenvalue weighted by Crippen LogP contribution is -2.57. The highest BCUT2D eigenvalue weighted by atomic mass is 16.6. The Morgan fingerprint density at radius 2 is 0.864 bits per heavy atom. The van der Waals surface area contributed by atoms with E-state index in [1.807, 2.05) is 0 Å². The van der Waals surface area contributed by atoms with Crippen LogP contribution in [-0.2, 0) is 9.47 Å². The Kier molecular flexibility index (Phi) is 8.33. The summed E-state index contributed by atoms with van der Waals surface area (Å²) in [6, 6.07) is 0. The van der Waals surface area contributed by atoms with Crippen LogP contribution in [0.4, 0.5) is 0 Å². The molecule has 0 spiro atoms. The van der Waals surface area contributed by atoms with Gasteiger partial charge in [-0.05, 0) is 41.5 Å². The van der Waals surface area contributed by atoms with E-state index < -0.39 is 0 Å². The molecule has 0 aliphatic carbocycles. The van der Waals surface area contributed by atoms with Gasteiger partial charge in [-0.2, -0.15) is 0 Å². The van der Waals surface area contributed by atoms with Gasteiger partial charge < -0.3 is 18.4 Å². The highest BCUT2D eigenvalue weighted by Gasteiger charge is 2.34. The molecule has 2 atom stereocenters. The van der Waals surface area contributed by atoms with Gasteiger partial charge >= 0.3 is 0 Å². The fourth-order valence-electron chi connectivity index (χ4n) is 3.77. The first-order valence-corrected chi connectivity index (χ1v) is 9.45. The van der Waals surface area contributed by atoms with E-state index in [-0.39, 0.29) is 12.2 Å². The Morgan fingerprint density at radius 1 is 0.591 bits per heavy atom. The fraction of sp³-hybridized carbons (Fsp3) is 1.00. The third-order valence-electron chi connectivity index (χ3n) is 6.24. The zero-order valence-corrected chi connectivity index (χ0v) is 15.9. The first-order chi connectivity index (χ1) is 10.5. The van der Waals surface area contributed by atoms with Crippen LogP contribution in [0.2, 0.25) is 0 Å². The average Bonchev–Trinajstić information content (AvgIpc) is 2.59. The van der Waals surface area contributed by atoms with Crippen LogP contribution in [0.15, 0.2) is 0 Å². The second kappa shape index (κ2) is 9.21. The maximum absolute atomic E-state index is 6.18. The Labute approximate surface area is 138 Å². The third-order valence-corrected chi connectivity index (χ3v) is 6.24. The Morgan fingerprint density at radius 3 is 1.05 bits per heavy atom. The van der Waals surface area contributed by atoms with Crippen molar-refractivity contribution in [2.45, 2.75) is 53.8 Å². The minimum absolute atomic E-state index is 0.267. The van der Waals surface area contributed by atoms with Crippen LogP contribution in [0.5, 0.6) is 0 Å². The number of likely N-dealkylation sites (N-methyl/N-ethyl adjacent to an activating group) is 2. The molecule has 1 aliphatic rings. The van der Waals surface area contributed by atoms with E-state index >= 15 is 0 Å². The SMILES string of the molecule is CC[N+](CC)(CC)CC1COC(C[N+](CC)(CC)CC)CO1. The Hall–Kier alpha value is -0.160. The third kappa shape index (κ3) is 4.92. The molecule has 4 heteroatoms. The summed E-state index contributed by atoms with van der Waals surface area (Å²) in [7, 11) is 0. The molecule has 0 bridgehead atoms. The molecule has 0 N–H and O–H groups in total. The van der Waals surface area contributed by atoms with Crippen molar-refractivity contribution in [1.29, 1.82) is 0 Å². The number of quaternary nitrogens is 2. The molecule has 1 rings (SSSR count). The standard InChI is InChI=1S/C18H40N2O2/c1-7-19(8-2,9-3)13-17-15-22-18(16-21-17)14-20(10-4,11-5)12-6/h17-18H,7-16H2,1-6H3/q+2. The van der Waals surface area contributed by atoms with Gasteiger partial charge in [-0.15, -0.1) is 0 Å². The summed E-state index contributed by atoms with van der Waals surface area (Å²) in [5.74, 6) is 0. The van der Waals surface area contributed by atoms with Crippen LogP contribution in [0.3, 0.4) is 0 Å². The fourth-order valence-corrected chi connectivity index (χ4v) is 3.77. The van der Waals surface area contributed by atoms with Crippen LogP contribution in [-0.4, -0.2) is 86.7 Å². The molecule has 2 unspecified atom stereocenters. The number of rotatable bonds is 10. The zero-order chi connectivity index (χ0) is 16.6. The number of nitrogens with zero attached hydrogens (tertiary/aromatic N) is 2. The van der Waals surface area contributed by atoms with E-state index in [9.17, 15) is 0 Å². The topological polar surface area (TPSA) is 18.5 Å². The predicted octanol–water partition coefficient (Wildman–Crippen LogP) is 2.52. The van der Waals surface area contributed by atoms with Crippen molar-refractivity contribution < 1.29 is 18.4 Å². The Balaban J connectivity index is 2.49. The lowest BCUT2D eigenvalue weighted by Gasteiger charge is -2.42. The summed E-state index contributed by atoms with van der Waals surface area (Å²) >= 11 is 0. The van der Waals surface area contributed by atoms with E-state index in [0.717, 1.165) is 35.3 Å². The van der Waals surface area contributed by atoms with Crippen molar-refractivity contribution in [1.82, 2.24) is 0 Å².